The predicted octanol–water partition coefficient (Wildman–Crippen LogP) is 0.0932. The molecule has 0 bridgehead atoms. The Kier molecular flexibility index (Phi) is 5.87. The summed E-state index contributed by atoms with van der Waals surface area (Å²) in [6.07, 6.45) is 0.800. The Morgan fingerprint density at radius 2 is 2.00 bits per heavy atom. The third-order valence-electron chi connectivity index (χ3n) is 1.79. The van der Waals surface area contributed by atoms with E-state index in [0.29, 0.717) is 6.42 Å². The van der Waals surface area contributed by atoms with Gasteiger partial charge in [0.05, 0.1) is 6.42 Å². The van der Waals surface area contributed by atoms with Crippen LogP contribution in [0.3, 0.4) is 0 Å². The van der Waals surface area contributed by atoms with Crippen LogP contribution in [-0.4, -0.2) is 29.1 Å². The van der Waals surface area contributed by atoms with Crippen LogP contribution in [0.5, 0.6) is 0 Å². The van der Waals surface area contributed by atoms with Gasteiger partial charge in [0.15, 0.2) is 0 Å². The Bertz CT molecular complexity index is 204. The van der Waals surface area contributed by atoms with E-state index in [4.69, 9.17) is 10.8 Å². The van der Waals surface area contributed by atoms with Crippen molar-refractivity contribution in [2.75, 3.05) is 0 Å². The first-order valence-corrected chi connectivity index (χ1v) is 4.72. The second-order valence-electron chi connectivity index (χ2n) is 3.45. The van der Waals surface area contributed by atoms with E-state index in [1.165, 1.54) is 0 Å². The maximum absolute atomic E-state index is 11.2. The van der Waals surface area contributed by atoms with Crippen LogP contribution in [0.1, 0.15) is 33.1 Å². The summed E-state index contributed by atoms with van der Waals surface area (Å²) >= 11 is 0. The molecule has 5 heteroatoms. The van der Waals surface area contributed by atoms with Crippen molar-refractivity contribution >= 4 is 11.9 Å². The number of hydrogen-bond acceptors (Lipinski definition) is 3. The number of carbonyl (C=O) groups excluding carboxylic acids is 1. The maximum Gasteiger partial charge on any atom is 0.305 e. The minimum atomic E-state index is -0.905. The van der Waals surface area contributed by atoms with Gasteiger partial charge < -0.3 is 16.2 Å². The van der Waals surface area contributed by atoms with Crippen molar-refractivity contribution in [2.24, 2.45) is 5.73 Å². The second-order valence-corrected chi connectivity index (χ2v) is 3.45. The van der Waals surface area contributed by atoms with Gasteiger partial charge in [-0.3, -0.25) is 9.59 Å². The lowest BCUT2D eigenvalue weighted by molar-refractivity contribution is -0.137. The molecule has 0 aliphatic heterocycles. The molecular formula is C9H18N2O3. The van der Waals surface area contributed by atoms with Gasteiger partial charge in [-0.2, -0.15) is 0 Å². The normalized spacial score (nSPS) is 14.5. The highest BCUT2D eigenvalue weighted by molar-refractivity contribution is 5.77. The summed E-state index contributed by atoms with van der Waals surface area (Å²) in [6, 6.07) is -0.490. The van der Waals surface area contributed by atoms with Gasteiger partial charge in [-0.05, 0) is 13.3 Å². The van der Waals surface area contributed by atoms with E-state index in [-0.39, 0.29) is 30.8 Å². The third kappa shape index (κ3) is 6.42. The molecule has 0 aromatic heterocycles. The van der Waals surface area contributed by atoms with Crippen molar-refractivity contribution in [2.45, 2.75) is 45.2 Å². The monoisotopic (exact) mass is 202 g/mol. The van der Waals surface area contributed by atoms with E-state index >= 15 is 0 Å². The molecule has 0 spiro atoms. The van der Waals surface area contributed by atoms with Gasteiger partial charge in [0, 0.05) is 18.5 Å². The van der Waals surface area contributed by atoms with Crippen molar-refractivity contribution in [3.8, 4) is 0 Å². The summed E-state index contributed by atoms with van der Waals surface area (Å²) in [6.45, 7) is 3.57. The van der Waals surface area contributed by atoms with Crippen LogP contribution in [0.2, 0.25) is 0 Å². The summed E-state index contributed by atoms with van der Waals surface area (Å²) in [4.78, 5) is 21.6. The Labute approximate surface area is 83.7 Å². The quantitative estimate of drug-likeness (QED) is 0.569. The largest absolute Gasteiger partial charge is 0.481 e. The molecule has 0 aromatic carbocycles. The first kappa shape index (κ1) is 12.9. The van der Waals surface area contributed by atoms with Crippen LogP contribution in [0.4, 0.5) is 0 Å². The molecule has 0 saturated carbocycles. The molecule has 2 unspecified atom stereocenters. The van der Waals surface area contributed by atoms with Crippen molar-refractivity contribution in [1.29, 1.82) is 0 Å². The smallest absolute Gasteiger partial charge is 0.305 e. The molecule has 0 saturated heterocycles. The fourth-order valence-electron chi connectivity index (χ4n) is 1.09. The topological polar surface area (TPSA) is 92.4 Å². The van der Waals surface area contributed by atoms with Crippen LogP contribution in [0.15, 0.2) is 0 Å². The number of nitrogens with one attached hydrogen (secondary N) is 1. The lowest BCUT2D eigenvalue weighted by atomic mass is 10.1. The zero-order chi connectivity index (χ0) is 11.1. The fourth-order valence-corrected chi connectivity index (χ4v) is 1.09. The summed E-state index contributed by atoms with van der Waals surface area (Å²) in [5.41, 5.74) is 5.43. The SMILES string of the molecule is CCC(CC(=O)O)NC(=O)CC(C)N. The van der Waals surface area contributed by atoms with Crippen LogP contribution < -0.4 is 11.1 Å². The zero-order valence-electron chi connectivity index (χ0n) is 8.62. The van der Waals surface area contributed by atoms with Gasteiger partial charge in [0.1, 0.15) is 0 Å². The number of nitrogens with two attached hydrogens (primary N) is 1. The molecule has 0 heterocycles. The van der Waals surface area contributed by atoms with Gasteiger partial charge in [-0.25, -0.2) is 0 Å². The average molecular weight is 202 g/mol. The molecule has 0 radical (unpaired) electrons. The number of carboxylic acid groups (broad SMARTS) is 1. The summed E-state index contributed by atoms with van der Waals surface area (Å²) < 4.78 is 0. The zero-order valence-corrected chi connectivity index (χ0v) is 8.62. The van der Waals surface area contributed by atoms with Gasteiger partial charge in [0.25, 0.3) is 0 Å². The molecule has 0 fully saturated rings. The van der Waals surface area contributed by atoms with Crippen LogP contribution >= 0.6 is 0 Å². The van der Waals surface area contributed by atoms with E-state index in [1.807, 2.05) is 6.92 Å². The van der Waals surface area contributed by atoms with Gasteiger partial charge in [-0.15, -0.1) is 0 Å². The molecule has 4 N–H and O–H groups in total. The lowest BCUT2D eigenvalue weighted by Crippen LogP contribution is -2.38. The van der Waals surface area contributed by atoms with E-state index < -0.39 is 5.97 Å². The highest BCUT2D eigenvalue weighted by Gasteiger charge is 2.14. The van der Waals surface area contributed by atoms with Crippen molar-refractivity contribution in [3.63, 3.8) is 0 Å². The van der Waals surface area contributed by atoms with Crippen LogP contribution in [0.25, 0.3) is 0 Å². The standard InChI is InChI=1S/C9H18N2O3/c1-3-7(5-9(13)14)11-8(12)4-6(2)10/h6-7H,3-5,10H2,1-2H3,(H,11,12)(H,13,14). The third-order valence-corrected chi connectivity index (χ3v) is 1.79. The van der Waals surface area contributed by atoms with E-state index in [0.717, 1.165) is 0 Å². The van der Waals surface area contributed by atoms with E-state index in [2.05, 4.69) is 5.32 Å². The Hall–Kier alpha value is -1.10. The Morgan fingerprint density at radius 3 is 2.36 bits per heavy atom. The molecule has 2 atom stereocenters. The van der Waals surface area contributed by atoms with E-state index in [9.17, 15) is 9.59 Å². The first-order valence-electron chi connectivity index (χ1n) is 4.72. The number of aliphatic carboxylic acids is 1. The predicted molar refractivity (Wildman–Crippen MR) is 52.7 cm³/mol. The maximum atomic E-state index is 11.2. The fraction of sp³-hybridized carbons (Fsp3) is 0.778. The lowest BCUT2D eigenvalue weighted by Gasteiger charge is -2.15. The summed E-state index contributed by atoms with van der Waals surface area (Å²) in [5.74, 6) is -1.09. The molecule has 0 aromatic rings. The number of carbonyl (C=O) groups is 2. The van der Waals surface area contributed by atoms with Crippen molar-refractivity contribution in [3.05, 3.63) is 0 Å². The molecule has 5 nitrogen and oxygen atoms in total. The highest BCUT2D eigenvalue weighted by atomic mass is 16.4. The molecule has 0 aliphatic rings. The number of carboxylic acids is 1. The molecule has 0 aliphatic carbocycles. The summed E-state index contributed by atoms with van der Waals surface area (Å²) in [7, 11) is 0. The molecule has 82 valence electrons. The number of amides is 1. The average Bonchev–Trinajstić information content (AvgIpc) is 2.00. The summed E-state index contributed by atoms with van der Waals surface area (Å²) in [5, 5.41) is 11.2. The minimum Gasteiger partial charge on any atom is -0.481 e. The van der Waals surface area contributed by atoms with Crippen LogP contribution in [-0.2, 0) is 9.59 Å². The van der Waals surface area contributed by atoms with Crippen molar-refractivity contribution in [1.82, 2.24) is 5.32 Å². The van der Waals surface area contributed by atoms with Gasteiger partial charge in [-0.1, -0.05) is 6.92 Å². The van der Waals surface area contributed by atoms with Crippen molar-refractivity contribution < 1.29 is 14.7 Å². The molecule has 0 rings (SSSR count). The number of hydrogen-bond donors (Lipinski definition) is 3. The van der Waals surface area contributed by atoms with Gasteiger partial charge >= 0.3 is 5.97 Å². The number of rotatable bonds is 6. The Balaban J connectivity index is 3.92. The molecule has 1 amide bonds. The Morgan fingerprint density at radius 1 is 1.43 bits per heavy atom. The molecule has 14 heavy (non-hydrogen) atoms. The highest BCUT2D eigenvalue weighted by Crippen LogP contribution is 1.98. The van der Waals surface area contributed by atoms with Gasteiger partial charge in [0.2, 0.25) is 5.91 Å². The second kappa shape index (κ2) is 6.37. The van der Waals surface area contributed by atoms with Crippen LogP contribution in [0, 0.1) is 0 Å². The minimum absolute atomic E-state index is 0.0405. The molecular weight excluding hydrogens is 184 g/mol. The first-order chi connectivity index (χ1) is 6.45. The van der Waals surface area contributed by atoms with E-state index in [1.54, 1.807) is 6.92 Å².